The Labute approximate surface area is 163 Å². The van der Waals surface area contributed by atoms with Crippen molar-refractivity contribution in [2.75, 3.05) is 6.79 Å². The molecule has 2 aromatic rings. The molecule has 1 atom stereocenters. The van der Waals surface area contributed by atoms with Crippen molar-refractivity contribution >= 4 is 11.9 Å². The van der Waals surface area contributed by atoms with Crippen molar-refractivity contribution in [3.05, 3.63) is 58.7 Å². The highest BCUT2D eigenvalue weighted by Crippen LogP contribution is 2.32. The molecule has 1 heterocycles. The van der Waals surface area contributed by atoms with Crippen molar-refractivity contribution in [2.45, 2.75) is 45.3 Å². The van der Waals surface area contributed by atoms with Crippen LogP contribution >= 0.6 is 0 Å². The Morgan fingerprint density at radius 1 is 1.04 bits per heavy atom. The molecule has 0 radical (unpaired) electrons. The van der Waals surface area contributed by atoms with Crippen LogP contribution in [0.3, 0.4) is 0 Å². The molecule has 0 saturated heterocycles. The Morgan fingerprint density at radius 2 is 1.82 bits per heavy atom. The van der Waals surface area contributed by atoms with Gasteiger partial charge in [0.05, 0.1) is 5.56 Å². The molecule has 0 spiro atoms. The maximum atomic E-state index is 12.4. The van der Waals surface area contributed by atoms with Gasteiger partial charge in [0, 0.05) is 6.54 Å². The van der Waals surface area contributed by atoms with E-state index in [1.807, 2.05) is 30.3 Å². The first-order chi connectivity index (χ1) is 13.6. The Kier molecular flexibility index (Phi) is 5.19. The highest BCUT2D eigenvalue weighted by Gasteiger charge is 2.20. The van der Waals surface area contributed by atoms with Gasteiger partial charge in [0.2, 0.25) is 6.79 Å². The number of fused-ring (bicyclic) bond motifs is 2. The van der Waals surface area contributed by atoms with Crippen LogP contribution in [0.5, 0.6) is 11.5 Å². The molecule has 4 rings (SSSR count). The van der Waals surface area contributed by atoms with Gasteiger partial charge < -0.3 is 19.5 Å². The summed E-state index contributed by atoms with van der Waals surface area (Å²) in [4.78, 5) is 24.7. The number of rotatable bonds is 5. The molecule has 28 heavy (non-hydrogen) atoms. The number of carbonyl (C=O) groups is 2. The van der Waals surface area contributed by atoms with Gasteiger partial charge in [-0.25, -0.2) is 4.79 Å². The lowest BCUT2D eigenvalue weighted by Crippen LogP contribution is -2.35. The maximum Gasteiger partial charge on any atom is 0.338 e. The minimum absolute atomic E-state index is 0.209. The van der Waals surface area contributed by atoms with Crippen molar-refractivity contribution < 1.29 is 23.8 Å². The van der Waals surface area contributed by atoms with Gasteiger partial charge in [-0.05, 0) is 73.6 Å². The fourth-order valence-corrected chi connectivity index (χ4v) is 3.53. The van der Waals surface area contributed by atoms with E-state index in [0.29, 0.717) is 23.6 Å². The highest BCUT2D eigenvalue weighted by atomic mass is 16.7. The van der Waals surface area contributed by atoms with Crippen LogP contribution in [0.4, 0.5) is 0 Å². The molecule has 6 nitrogen and oxygen atoms in total. The molecule has 0 saturated carbocycles. The minimum atomic E-state index is -0.877. The largest absolute Gasteiger partial charge is 0.454 e. The number of amides is 1. The van der Waals surface area contributed by atoms with Gasteiger partial charge in [0.15, 0.2) is 17.6 Å². The molecule has 146 valence electrons. The van der Waals surface area contributed by atoms with E-state index in [-0.39, 0.29) is 12.7 Å². The lowest BCUT2D eigenvalue weighted by molar-refractivity contribution is -0.129. The second-order valence-corrected chi connectivity index (χ2v) is 7.14. The predicted octanol–water partition coefficient (Wildman–Crippen LogP) is 3.16. The average molecular weight is 381 g/mol. The van der Waals surface area contributed by atoms with Crippen molar-refractivity contribution in [1.29, 1.82) is 0 Å². The number of esters is 1. The van der Waals surface area contributed by atoms with Gasteiger partial charge in [0.25, 0.3) is 5.91 Å². The van der Waals surface area contributed by atoms with Crippen molar-refractivity contribution in [2.24, 2.45) is 0 Å². The van der Waals surface area contributed by atoms with Crippen LogP contribution < -0.4 is 14.8 Å². The molecular weight excluding hydrogens is 358 g/mol. The first-order valence-corrected chi connectivity index (χ1v) is 9.59. The molecular formula is C22H23NO5. The van der Waals surface area contributed by atoms with Crippen LogP contribution in [-0.2, 0) is 28.9 Å². The second kappa shape index (κ2) is 7.92. The topological polar surface area (TPSA) is 73.9 Å². The van der Waals surface area contributed by atoms with E-state index in [1.165, 1.54) is 17.5 Å². The van der Waals surface area contributed by atoms with Crippen LogP contribution in [0.15, 0.2) is 36.4 Å². The molecule has 2 aliphatic rings. The van der Waals surface area contributed by atoms with E-state index < -0.39 is 12.1 Å². The third-order valence-electron chi connectivity index (χ3n) is 5.14. The maximum absolute atomic E-state index is 12.4. The lowest BCUT2D eigenvalue weighted by Gasteiger charge is -2.17. The fraction of sp³-hybridized carbons (Fsp3) is 0.364. The van der Waals surface area contributed by atoms with E-state index in [4.69, 9.17) is 14.2 Å². The molecule has 1 amide bonds. The number of aryl methyl sites for hydroxylation is 2. The number of carbonyl (C=O) groups excluding carboxylic acids is 2. The lowest BCUT2D eigenvalue weighted by atomic mass is 9.90. The van der Waals surface area contributed by atoms with E-state index >= 15 is 0 Å². The number of benzene rings is 2. The standard InChI is InChI=1S/C22H23NO5/c1-14(21(24)23-12-15-6-9-19-20(10-15)27-13-26-19)28-22(25)18-8-7-16-4-2-3-5-17(16)11-18/h6-11,14H,2-5,12-13H2,1H3,(H,23,24)/t14-/m1/s1. The smallest absolute Gasteiger partial charge is 0.338 e. The Bertz CT molecular complexity index is 908. The summed E-state index contributed by atoms with van der Waals surface area (Å²) in [5.74, 6) is 0.545. The van der Waals surface area contributed by atoms with Gasteiger partial charge in [0.1, 0.15) is 0 Å². The van der Waals surface area contributed by atoms with Gasteiger partial charge in [-0.15, -0.1) is 0 Å². The quantitative estimate of drug-likeness (QED) is 0.806. The number of nitrogens with one attached hydrogen (secondary N) is 1. The van der Waals surface area contributed by atoms with Crippen LogP contribution in [-0.4, -0.2) is 24.8 Å². The fourth-order valence-electron chi connectivity index (χ4n) is 3.53. The normalized spacial score (nSPS) is 15.5. The summed E-state index contributed by atoms with van der Waals surface area (Å²) in [7, 11) is 0. The third-order valence-corrected chi connectivity index (χ3v) is 5.14. The third kappa shape index (κ3) is 3.96. The second-order valence-electron chi connectivity index (χ2n) is 7.14. The van der Waals surface area contributed by atoms with Gasteiger partial charge in [-0.1, -0.05) is 12.1 Å². The first kappa shape index (κ1) is 18.3. The number of ether oxygens (including phenoxy) is 3. The zero-order chi connectivity index (χ0) is 19.5. The number of hydrogen-bond donors (Lipinski definition) is 1. The average Bonchev–Trinajstić information content (AvgIpc) is 3.19. The van der Waals surface area contributed by atoms with Crippen LogP contribution in [0, 0.1) is 0 Å². The Balaban J connectivity index is 1.32. The molecule has 0 bridgehead atoms. The zero-order valence-corrected chi connectivity index (χ0v) is 15.8. The van der Waals surface area contributed by atoms with E-state index in [9.17, 15) is 9.59 Å². The SMILES string of the molecule is C[C@@H](OC(=O)c1ccc2c(c1)CCCC2)C(=O)NCc1ccc2c(c1)OCO2. The van der Waals surface area contributed by atoms with Gasteiger partial charge in [-0.3, -0.25) is 4.79 Å². The summed E-state index contributed by atoms with van der Waals surface area (Å²) in [6.45, 7) is 2.10. The summed E-state index contributed by atoms with van der Waals surface area (Å²) in [6, 6.07) is 11.2. The van der Waals surface area contributed by atoms with Crippen LogP contribution in [0.2, 0.25) is 0 Å². The highest BCUT2D eigenvalue weighted by molar-refractivity contribution is 5.92. The van der Waals surface area contributed by atoms with E-state index in [1.54, 1.807) is 13.0 Å². The molecule has 6 heteroatoms. The first-order valence-electron chi connectivity index (χ1n) is 9.59. The molecule has 0 unspecified atom stereocenters. The molecule has 1 N–H and O–H groups in total. The monoisotopic (exact) mass is 381 g/mol. The summed E-state index contributed by atoms with van der Waals surface area (Å²) < 4.78 is 16.0. The molecule has 0 fully saturated rings. The molecule has 1 aliphatic heterocycles. The summed E-state index contributed by atoms with van der Waals surface area (Å²) in [5, 5.41) is 2.78. The van der Waals surface area contributed by atoms with Crippen molar-refractivity contribution in [3.63, 3.8) is 0 Å². The molecule has 2 aromatic carbocycles. The summed E-state index contributed by atoms with van der Waals surface area (Å²) in [6.07, 6.45) is 3.50. The van der Waals surface area contributed by atoms with Crippen molar-refractivity contribution in [1.82, 2.24) is 5.32 Å². The summed E-state index contributed by atoms with van der Waals surface area (Å²) >= 11 is 0. The van der Waals surface area contributed by atoms with Crippen LogP contribution in [0.25, 0.3) is 0 Å². The minimum Gasteiger partial charge on any atom is -0.454 e. The molecule has 0 aromatic heterocycles. The zero-order valence-electron chi connectivity index (χ0n) is 15.8. The Morgan fingerprint density at radius 3 is 2.68 bits per heavy atom. The van der Waals surface area contributed by atoms with Gasteiger partial charge in [-0.2, -0.15) is 0 Å². The van der Waals surface area contributed by atoms with Crippen LogP contribution in [0.1, 0.15) is 46.8 Å². The number of hydrogen-bond acceptors (Lipinski definition) is 5. The van der Waals surface area contributed by atoms with Crippen molar-refractivity contribution in [3.8, 4) is 11.5 Å². The Hall–Kier alpha value is -3.02. The van der Waals surface area contributed by atoms with E-state index in [2.05, 4.69) is 5.32 Å². The predicted molar refractivity (Wildman–Crippen MR) is 102 cm³/mol. The molecule has 1 aliphatic carbocycles. The van der Waals surface area contributed by atoms with E-state index in [0.717, 1.165) is 24.8 Å². The summed E-state index contributed by atoms with van der Waals surface area (Å²) in [5.41, 5.74) is 3.89. The van der Waals surface area contributed by atoms with Gasteiger partial charge >= 0.3 is 5.97 Å².